The van der Waals surface area contributed by atoms with E-state index in [2.05, 4.69) is 0 Å². The molecular formula is C13H16N2O4S. The first-order valence-corrected chi connectivity index (χ1v) is 7.28. The van der Waals surface area contributed by atoms with Crippen molar-refractivity contribution in [3.05, 3.63) is 22.4 Å². The maximum atomic E-state index is 11.9. The van der Waals surface area contributed by atoms with Crippen LogP contribution in [0.5, 0.6) is 0 Å². The molecule has 0 saturated carbocycles. The topological polar surface area (TPSA) is 89.7 Å². The van der Waals surface area contributed by atoms with Crippen molar-refractivity contribution in [3.8, 4) is 0 Å². The lowest BCUT2D eigenvalue weighted by atomic mass is 9.97. The monoisotopic (exact) mass is 296 g/mol. The summed E-state index contributed by atoms with van der Waals surface area (Å²) in [5, 5.41) is 3.43. The molecule has 0 aromatic carbocycles. The van der Waals surface area contributed by atoms with Gasteiger partial charge in [-0.3, -0.25) is 9.59 Å². The van der Waals surface area contributed by atoms with Crippen molar-refractivity contribution in [2.24, 2.45) is 11.7 Å². The summed E-state index contributed by atoms with van der Waals surface area (Å²) < 4.78 is 4.96. The first-order valence-electron chi connectivity index (χ1n) is 6.34. The Morgan fingerprint density at radius 2 is 2.25 bits per heavy atom. The third-order valence-corrected chi connectivity index (χ3v) is 3.94. The smallest absolute Gasteiger partial charge is 0.339 e. The van der Waals surface area contributed by atoms with Crippen molar-refractivity contribution >= 4 is 29.1 Å². The fourth-order valence-electron chi connectivity index (χ4n) is 2.12. The Balaban J connectivity index is 1.82. The van der Waals surface area contributed by atoms with E-state index in [9.17, 15) is 14.4 Å². The molecule has 1 fully saturated rings. The van der Waals surface area contributed by atoms with Gasteiger partial charge in [0.05, 0.1) is 11.5 Å². The molecule has 0 unspecified atom stereocenters. The molecule has 108 valence electrons. The van der Waals surface area contributed by atoms with Gasteiger partial charge in [-0.15, -0.1) is 0 Å². The minimum absolute atomic E-state index is 0.292. The van der Waals surface area contributed by atoms with Gasteiger partial charge in [0.1, 0.15) is 0 Å². The van der Waals surface area contributed by atoms with Crippen LogP contribution < -0.4 is 5.73 Å². The van der Waals surface area contributed by atoms with Gasteiger partial charge in [-0.2, -0.15) is 11.3 Å². The number of nitrogens with zero attached hydrogens (tertiary/aromatic N) is 1. The third-order valence-electron chi connectivity index (χ3n) is 3.26. The van der Waals surface area contributed by atoms with Crippen LogP contribution >= 0.6 is 11.3 Å². The van der Waals surface area contributed by atoms with Crippen LogP contribution in [0.25, 0.3) is 0 Å². The second-order valence-corrected chi connectivity index (χ2v) is 5.45. The van der Waals surface area contributed by atoms with E-state index in [0.717, 1.165) is 6.42 Å². The van der Waals surface area contributed by atoms with E-state index in [4.69, 9.17) is 10.5 Å². The van der Waals surface area contributed by atoms with Crippen molar-refractivity contribution < 1.29 is 19.1 Å². The lowest BCUT2D eigenvalue weighted by Gasteiger charge is -2.30. The fraction of sp³-hybridized carbons (Fsp3) is 0.462. The highest BCUT2D eigenvalue weighted by Crippen LogP contribution is 2.16. The summed E-state index contributed by atoms with van der Waals surface area (Å²) in [7, 11) is 0. The van der Waals surface area contributed by atoms with Crippen LogP contribution in [0.1, 0.15) is 23.2 Å². The predicted molar refractivity (Wildman–Crippen MR) is 73.1 cm³/mol. The number of ether oxygens (including phenoxy) is 1. The van der Waals surface area contributed by atoms with E-state index >= 15 is 0 Å². The second kappa shape index (κ2) is 6.51. The largest absolute Gasteiger partial charge is 0.452 e. The average Bonchev–Trinajstić information content (AvgIpc) is 2.98. The standard InChI is InChI=1S/C13H16N2O4S/c14-12(17)9-2-1-4-15(6-9)11(16)7-19-13(18)10-3-5-20-8-10/h3,5,8-9H,1-2,4,6-7H2,(H2,14,17)/t9-/m0/s1. The van der Waals surface area contributed by atoms with Crippen molar-refractivity contribution in [3.63, 3.8) is 0 Å². The lowest BCUT2D eigenvalue weighted by molar-refractivity contribution is -0.137. The molecule has 6 nitrogen and oxygen atoms in total. The molecular weight excluding hydrogens is 280 g/mol. The molecule has 2 N–H and O–H groups in total. The molecule has 20 heavy (non-hydrogen) atoms. The molecule has 1 aliphatic rings. The molecule has 1 aromatic rings. The molecule has 1 atom stereocenters. The first kappa shape index (κ1) is 14.5. The number of likely N-dealkylation sites (tertiary alicyclic amines) is 1. The Morgan fingerprint density at radius 3 is 2.90 bits per heavy atom. The van der Waals surface area contributed by atoms with Gasteiger partial charge >= 0.3 is 5.97 Å². The number of primary amides is 1. The number of amides is 2. The molecule has 2 amide bonds. The number of esters is 1. The number of hydrogen-bond acceptors (Lipinski definition) is 5. The highest BCUT2D eigenvalue weighted by molar-refractivity contribution is 7.08. The number of piperidine rings is 1. The Hall–Kier alpha value is -1.89. The molecule has 0 spiro atoms. The van der Waals surface area contributed by atoms with Gasteiger partial charge < -0.3 is 15.4 Å². The molecule has 2 rings (SSSR count). The summed E-state index contributed by atoms with van der Waals surface area (Å²) in [6.07, 6.45) is 1.44. The molecule has 1 aliphatic heterocycles. The van der Waals surface area contributed by atoms with E-state index in [1.807, 2.05) is 0 Å². The first-order chi connectivity index (χ1) is 9.58. The highest BCUT2D eigenvalue weighted by Gasteiger charge is 2.27. The van der Waals surface area contributed by atoms with Crippen molar-refractivity contribution in [1.82, 2.24) is 4.90 Å². The van der Waals surface area contributed by atoms with Gasteiger partial charge in [0.15, 0.2) is 6.61 Å². The number of carbonyl (C=O) groups excluding carboxylic acids is 3. The summed E-state index contributed by atoms with van der Waals surface area (Å²) in [6.45, 7) is 0.572. The fourth-order valence-corrected chi connectivity index (χ4v) is 2.74. The Kier molecular flexibility index (Phi) is 4.73. The number of rotatable bonds is 4. The number of hydrogen-bond donors (Lipinski definition) is 1. The van der Waals surface area contributed by atoms with Crippen molar-refractivity contribution in [1.29, 1.82) is 0 Å². The molecule has 1 aromatic heterocycles. The van der Waals surface area contributed by atoms with Gasteiger partial charge in [0.2, 0.25) is 5.91 Å². The molecule has 0 radical (unpaired) electrons. The van der Waals surface area contributed by atoms with Crippen LogP contribution in [0.2, 0.25) is 0 Å². The van der Waals surface area contributed by atoms with Crippen LogP contribution in [0.3, 0.4) is 0 Å². The molecule has 7 heteroatoms. The van der Waals surface area contributed by atoms with Crippen LogP contribution in [-0.2, 0) is 14.3 Å². The Labute approximate surface area is 120 Å². The number of thiophene rings is 1. The van der Waals surface area contributed by atoms with Crippen LogP contribution in [0, 0.1) is 5.92 Å². The highest BCUT2D eigenvalue weighted by atomic mass is 32.1. The minimum atomic E-state index is -0.511. The van der Waals surface area contributed by atoms with E-state index < -0.39 is 11.9 Å². The Morgan fingerprint density at radius 1 is 1.45 bits per heavy atom. The normalized spacial score (nSPS) is 18.6. The summed E-state index contributed by atoms with van der Waals surface area (Å²) in [5.74, 6) is -1.50. The summed E-state index contributed by atoms with van der Waals surface area (Å²) in [4.78, 5) is 36.2. The van der Waals surface area contributed by atoms with Gasteiger partial charge in [0.25, 0.3) is 5.91 Å². The number of nitrogens with two attached hydrogens (primary N) is 1. The quantitative estimate of drug-likeness (QED) is 0.825. The van der Waals surface area contributed by atoms with Crippen LogP contribution in [-0.4, -0.2) is 42.4 Å². The SMILES string of the molecule is NC(=O)[C@H]1CCCN(C(=O)COC(=O)c2ccsc2)C1. The summed E-state index contributed by atoms with van der Waals surface area (Å²) in [5.41, 5.74) is 5.70. The molecule has 0 aliphatic carbocycles. The minimum Gasteiger partial charge on any atom is -0.452 e. The second-order valence-electron chi connectivity index (χ2n) is 4.67. The zero-order valence-corrected chi connectivity index (χ0v) is 11.7. The van der Waals surface area contributed by atoms with Gasteiger partial charge in [0, 0.05) is 18.5 Å². The van der Waals surface area contributed by atoms with Gasteiger partial charge in [-0.05, 0) is 24.3 Å². The van der Waals surface area contributed by atoms with E-state index in [-0.39, 0.29) is 18.4 Å². The van der Waals surface area contributed by atoms with E-state index in [0.29, 0.717) is 25.1 Å². The lowest BCUT2D eigenvalue weighted by Crippen LogP contribution is -2.45. The maximum Gasteiger partial charge on any atom is 0.339 e. The predicted octanol–water partition coefficient (Wildman–Crippen LogP) is 0.629. The summed E-state index contributed by atoms with van der Waals surface area (Å²) >= 11 is 1.39. The van der Waals surface area contributed by atoms with Crippen molar-refractivity contribution in [2.75, 3.05) is 19.7 Å². The maximum absolute atomic E-state index is 11.9. The molecule has 1 saturated heterocycles. The van der Waals surface area contributed by atoms with E-state index in [1.54, 1.807) is 16.8 Å². The third kappa shape index (κ3) is 3.57. The summed E-state index contributed by atoms with van der Waals surface area (Å²) in [6, 6.07) is 1.64. The van der Waals surface area contributed by atoms with Gasteiger partial charge in [-0.25, -0.2) is 4.79 Å². The molecule has 0 bridgehead atoms. The molecule has 2 heterocycles. The van der Waals surface area contributed by atoms with Gasteiger partial charge in [-0.1, -0.05) is 0 Å². The zero-order chi connectivity index (χ0) is 14.5. The van der Waals surface area contributed by atoms with Crippen LogP contribution in [0.4, 0.5) is 0 Å². The number of carbonyl (C=O) groups is 3. The zero-order valence-electron chi connectivity index (χ0n) is 10.9. The average molecular weight is 296 g/mol. The van der Waals surface area contributed by atoms with Crippen molar-refractivity contribution in [2.45, 2.75) is 12.8 Å². The van der Waals surface area contributed by atoms with Crippen LogP contribution in [0.15, 0.2) is 16.8 Å². The van der Waals surface area contributed by atoms with E-state index in [1.165, 1.54) is 16.2 Å². The Bertz CT molecular complexity index is 500.